The van der Waals surface area contributed by atoms with E-state index in [4.69, 9.17) is 4.74 Å². The first kappa shape index (κ1) is 13.5. The normalized spacial score (nSPS) is 20.9. The smallest absolute Gasteiger partial charge is 0.0632 e. The summed E-state index contributed by atoms with van der Waals surface area (Å²) in [7, 11) is 0. The Morgan fingerprint density at radius 1 is 1.44 bits per heavy atom. The molecule has 0 amide bonds. The lowest BCUT2D eigenvalue weighted by Crippen LogP contribution is -2.48. The minimum absolute atomic E-state index is 0.123. The van der Waals surface area contributed by atoms with Crippen LogP contribution in [-0.4, -0.2) is 43.9 Å². The number of nitrogens with zero attached hydrogens (tertiary/aromatic N) is 1. The quantitative estimate of drug-likeness (QED) is 0.815. The summed E-state index contributed by atoms with van der Waals surface area (Å²) in [4.78, 5) is 4.07. The van der Waals surface area contributed by atoms with Crippen LogP contribution in [0, 0.1) is 0 Å². The second kappa shape index (κ2) is 6.27. The summed E-state index contributed by atoms with van der Waals surface area (Å²) < 4.78 is 5.44. The molecule has 0 spiro atoms. The minimum atomic E-state index is 0.123. The average molecular weight is 249 g/mol. The van der Waals surface area contributed by atoms with Gasteiger partial charge in [0.1, 0.15) is 0 Å². The van der Waals surface area contributed by atoms with Crippen molar-refractivity contribution in [3.05, 3.63) is 30.1 Å². The van der Waals surface area contributed by atoms with Crippen molar-refractivity contribution in [3.8, 4) is 0 Å². The lowest BCUT2D eigenvalue weighted by Gasteiger charge is -2.28. The third-order valence-electron chi connectivity index (χ3n) is 3.42. The Labute approximate surface area is 109 Å². The van der Waals surface area contributed by atoms with Gasteiger partial charge in [0.15, 0.2) is 0 Å². The Morgan fingerprint density at radius 3 is 2.89 bits per heavy atom. The minimum Gasteiger partial charge on any atom is -0.378 e. The molecule has 1 aliphatic rings. The number of rotatable bonds is 5. The van der Waals surface area contributed by atoms with Crippen molar-refractivity contribution in [2.75, 3.05) is 32.8 Å². The van der Waals surface area contributed by atoms with Gasteiger partial charge in [0.05, 0.1) is 13.2 Å². The van der Waals surface area contributed by atoms with Gasteiger partial charge in [0.25, 0.3) is 0 Å². The highest BCUT2D eigenvalue weighted by Gasteiger charge is 2.21. The van der Waals surface area contributed by atoms with Crippen LogP contribution < -0.4 is 10.6 Å². The van der Waals surface area contributed by atoms with E-state index in [1.165, 1.54) is 5.56 Å². The molecule has 100 valence electrons. The summed E-state index contributed by atoms with van der Waals surface area (Å²) in [6.07, 6.45) is 3.71. The molecule has 1 saturated heterocycles. The number of nitrogens with one attached hydrogen (secondary N) is 2. The fourth-order valence-electron chi connectivity index (χ4n) is 2.21. The highest BCUT2D eigenvalue weighted by atomic mass is 16.5. The standard InChI is InChI=1S/C14H23N3O/c1-14(2,12-3-5-15-6-4-12)11-16-9-13-10-18-8-7-17-13/h3-6,13,16-17H,7-11H2,1-2H3. The monoisotopic (exact) mass is 249 g/mol. The van der Waals surface area contributed by atoms with Crippen LogP contribution in [0.4, 0.5) is 0 Å². The fourth-order valence-corrected chi connectivity index (χ4v) is 2.21. The molecule has 1 fully saturated rings. The van der Waals surface area contributed by atoms with Gasteiger partial charge in [0.2, 0.25) is 0 Å². The molecule has 2 N–H and O–H groups in total. The maximum atomic E-state index is 5.44. The Balaban J connectivity index is 1.78. The molecule has 0 bridgehead atoms. The lowest BCUT2D eigenvalue weighted by molar-refractivity contribution is 0.0764. The molecular formula is C14H23N3O. The largest absolute Gasteiger partial charge is 0.378 e. The molecule has 4 nitrogen and oxygen atoms in total. The van der Waals surface area contributed by atoms with Gasteiger partial charge in [-0.05, 0) is 17.7 Å². The van der Waals surface area contributed by atoms with Gasteiger partial charge < -0.3 is 15.4 Å². The van der Waals surface area contributed by atoms with E-state index in [2.05, 4.69) is 41.6 Å². The highest BCUT2D eigenvalue weighted by Crippen LogP contribution is 2.21. The first-order chi connectivity index (χ1) is 8.68. The average Bonchev–Trinajstić information content (AvgIpc) is 2.41. The highest BCUT2D eigenvalue weighted by molar-refractivity contribution is 5.20. The molecule has 1 atom stereocenters. The maximum absolute atomic E-state index is 5.44. The third kappa shape index (κ3) is 3.77. The molecule has 0 aliphatic carbocycles. The van der Waals surface area contributed by atoms with Crippen LogP contribution in [0.3, 0.4) is 0 Å². The third-order valence-corrected chi connectivity index (χ3v) is 3.42. The SMILES string of the molecule is CC(C)(CNCC1COCCN1)c1ccncc1. The van der Waals surface area contributed by atoms with Crippen molar-refractivity contribution in [1.82, 2.24) is 15.6 Å². The van der Waals surface area contributed by atoms with E-state index in [1.54, 1.807) is 0 Å². The molecule has 0 radical (unpaired) electrons. The van der Waals surface area contributed by atoms with Crippen LogP contribution in [0.5, 0.6) is 0 Å². The van der Waals surface area contributed by atoms with Crippen LogP contribution in [0.15, 0.2) is 24.5 Å². The molecule has 1 aliphatic heterocycles. The van der Waals surface area contributed by atoms with Crippen LogP contribution in [0.1, 0.15) is 19.4 Å². The zero-order valence-corrected chi connectivity index (χ0v) is 11.3. The number of ether oxygens (including phenoxy) is 1. The van der Waals surface area contributed by atoms with Crippen molar-refractivity contribution >= 4 is 0 Å². The van der Waals surface area contributed by atoms with E-state index >= 15 is 0 Å². The summed E-state index contributed by atoms with van der Waals surface area (Å²) in [5.41, 5.74) is 1.44. The topological polar surface area (TPSA) is 46.2 Å². The molecule has 0 saturated carbocycles. The zero-order chi connectivity index (χ0) is 12.8. The van der Waals surface area contributed by atoms with Crippen molar-refractivity contribution in [3.63, 3.8) is 0 Å². The van der Waals surface area contributed by atoms with E-state index < -0.39 is 0 Å². The van der Waals surface area contributed by atoms with Gasteiger partial charge in [-0.25, -0.2) is 0 Å². The lowest BCUT2D eigenvalue weighted by atomic mass is 9.85. The Bertz CT molecular complexity index is 347. The second-order valence-corrected chi connectivity index (χ2v) is 5.48. The number of aromatic nitrogens is 1. The maximum Gasteiger partial charge on any atom is 0.0632 e. The number of morpholine rings is 1. The summed E-state index contributed by atoms with van der Waals surface area (Å²) in [6.45, 7) is 9.01. The molecule has 2 rings (SSSR count). The molecule has 1 unspecified atom stereocenters. The molecule has 2 heterocycles. The van der Waals surface area contributed by atoms with E-state index in [-0.39, 0.29) is 5.41 Å². The van der Waals surface area contributed by atoms with E-state index in [0.29, 0.717) is 6.04 Å². The van der Waals surface area contributed by atoms with Gasteiger partial charge in [-0.3, -0.25) is 4.98 Å². The molecule has 18 heavy (non-hydrogen) atoms. The van der Waals surface area contributed by atoms with Crippen molar-refractivity contribution in [2.24, 2.45) is 0 Å². The predicted octanol–water partition coefficient (Wildman–Crippen LogP) is 0.937. The number of pyridine rings is 1. The van der Waals surface area contributed by atoms with E-state index in [1.807, 2.05) is 12.4 Å². The van der Waals surface area contributed by atoms with Gasteiger partial charge in [-0.2, -0.15) is 0 Å². The summed E-state index contributed by atoms with van der Waals surface area (Å²) in [5.74, 6) is 0. The molecule has 0 aromatic carbocycles. The van der Waals surface area contributed by atoms with Gasteiger partial charge in [-0.1, -0.05) is 13.8 Å². The van der Waals surface area contributed by atoms with E-state index in [0.717, 1.165) is 32.8 Å². The molecule has 1 aromatic rings. The van der Waals surface area contributed by atoms with Gasteiger partial charge in [-0.15, -0.1) is 0 Å². The Morgan fingerprint density at radius 2 is 2.22 bits per heavy atom. The molecular weight excluding hydrogens is 226 g/mol. The molecule has 4 heteroatoms. The van der Waals surface area contributed by atoms with Crippen LogP contribution in [0.25, 0.3) is 0 Å². The van der Waals surface area contributed by atoms with E-state index in [9.17, 15) is 0 Å². The number of hydrogen-bond donors (Lipinski definition) is 2. The van der Waals surface area contributed by atoms with Gasteiger partial charge >= 0.3 is 0 Å². The van der Waals surface area contributed by atoms with Crippen LogP contribution in [-0.2, 0) is 10.2 Å². The van der Waals surface area contributed by atoms with Crippen molar-refractivity contribution in [1.29, 1.82) is 0 Å². The first-order valence-corrected chi connectivity index (χ1v) is 6.61. The van der Waals surface area contributed by atoms with Gasteiger partial charge in [0, 0.05) is 43.5 Å². The van der Waals surface area contributed by atoms with Crippen LogP contribution >= 0.6 is 0 Å². The molecule has 1 aromatic heterocycles. The van der Waals surface area contributed by atoms with Crippen molar-refractivity contribution in [2.45, 2.75) is 25.3 Å². The van der Waals surface area contributed by atoms with Crippen LogP contribution in [0.2, 0.25) is 0 Å². The fraction of sp³-hybridized carbons (Fsp3) is 0.643. The summed E-state index contributed by atoms with van der Waals surface area (Å²) >= 11 is 0. The second-order valence-electron chi connectivity index (χ2n) is 5.48. The summed E-state index contributed by atoms with van der Waals surface area (Å²) in [5, 5.41) is 6.98. The number of hydrogen-bond acceptors (Lipinski definition) is 4. The predicted molar refractivity (Wildman–Crippen MR) is 72.7 cm³/mol. The zero-order valence-electron chi connectivity index (χ0n) is 11.3. The first-order valence-electron chi connectivity index (χ1n) is 6.61. The summed E-state index contributed by atoms with van der Waals surface area (Å²) in [6, 6.07) is 4.61. The van der Waals surface area contributed by atoms with Crippen molar-refractivity contribution < 1.29 is 4.74 Å². The Hall–Kier alpha value is -0.970. The Kier molecular flexibility index (Phi) is 4.69.